The summed E-state index contributed by atoms with van der Waals surface area (Å²) in [5.41, 5.74) is 2.60. The Hall–Kier alpha value is -0.950. The number of piperazine rings is 1. The number of carbonyl (C=O) groups excluding carboxylic acids is 1. The van der Waals surface area contributed by atoms with Gasteiger partial charge in [0.05, 0.1) is 0 Å². The van der Waals surface area contributed by atoms with E-state index < -0.39 is 6.04 Å². The maximum Gasteiger partial charge on any atom is 0.246 e. The fraction of sp³-hybridized carbons (Fsp3) is 0.500. The molecule has 16 heavy (non-hydrogen) atoms. The van der Waals surface area contributed by atoms with Crippen LogP contribution in [0, 0.1) is 0 Å². The van der Waals surface area contributed by atoms with E-state index in [-0.39, 0.29) is 5.91 Å². The molecule has 6 heteroatoms. The highest BCUT2D eigenvalue weighted by Crippen LogP contribution is 2.20. The predicted octanol–water partition coefficient (Wildman–Crippen LogP) is -0.316. The van der Waals surface area contributed by atoms with Crippen LogP contribution in [0.25, 0.3) is 0 Å². The van der Waals surface area contributed by atoms with Crippen molar-refractivity contribution in [1.82, 2.24) is 15.6 Å². The molecule has 1 fully saturated rings. The highest BCUT2D eigenvalue weighted by Gasteiger charge is 2.26. The number of nitrogens with zero attached hydrogens (tertiary/aromatic N) is 1. The van der Waals surface area contributed by atoms with E-state index in [0.717, 1.165) is 31.1 Å². The van der Waals surface area contributed by atoms with Gasteiger partial charge in [0.25, 0.3) is 0 Å². The summed E-state index contributed by atoms with van der Waals surface area (Å²) in [7, 11) is 0. The molecule has 1 unspecified atom stereocenters. The average Bonchev–Trinajstić information content (AvgIpc) is 2.85. The van der Waals surface area contributed by atoms with E-state index in [1.165, 1.54) is 0 Å². The van der Waals surface area contributed by atoms with E-state index >= 15 is 0 Å². The molecule has 1 aliphatic heterocycles. The summed E-state index contributed by atoms with van der Waals surface area (Å²) in [6.45, 7) is 3.21. The third kappa shape index (κ3) is 2.41. The maximum absolute atomic E-state index is 12.2. The van der Waals surface area contributed by atoms with Gasteiger partial charge in [-0.3, -0.25) is 10.6 Å². The van der Waals surface area contributed by atoms with Crippen LogP contribution in [0.3, 0.4) is 0 Å². The summed E-state index contributed by atoms with van der Waals surface area (Å²) >= 11 is 1.54. The molecule has 1 amide bonds. The van der Waals surface area contributed by atoms with Gasteiger partial charge in [0, 0.05) is 31.1 Å². The first-order valence-corrected chi connectivity index (χ1v) is 6.20. The fourth-order valence-electron chi connectivity index (χ4n) is 1.80. The van der Waals surface area contributed by atoms with E-state index in [9.17, 15) is 4.79 Å². The second-order valence-corrected chi connectivity index (χ2v) is 4.67. The maximum atomic E-state index is 12.2. The van der Waals surface area contributed by atoms with E-state index in [4.69, 9.17) is 5.84 Å². The van der Waals surface area contributed by atoms with Crippen molar-refractivity contribution in [3.05, 3.63) is 22.4 Å². The zero-order chi connectivity index (χ0) is 11.4. The predicted molar refractivity (Wildman–Crippen MR) is 63.8 cm³/mol. The Morgan fingerprint density at radius 3 is 2.88 bits per heavy atom. The summed E-state index contributed by atoms with van der Waals surface area (Å²) in [5, 5.41) is 5.17. The Balaban J connectivity index is 2.06. The molecule has 0 bridgehead atoms. The summed E-state index contributed by atoms with van der Waals surface area (Å²) in [4.78, 5) is 15.0. The second-order valence-electron chi connectivity index (χ2n) is 3.69. The van der Waals surface area contributed by atoms with Gasteiger partial charge in [-0.05, 0) is 11.4 Å². The van der Waals surface area contributed by atoms with Gasteiger partial charge in [0.1, 0.15) is 6.04 Å². The van der Waals surface area contributed by atoms with Crippen LogP contribution in [0.15, 0.2) is 17.5 Å². The van der Waals surface area contributed by atoms with Crippen molar-refractivity contribution < 1.29 is 4.79 Å². The van der Waals surface area contributed by atoms with Gasteiger partial charge in [-0.15, -0.1) is 11.3 Å². The molecular formula is C10H16N4OS. The molecule has 1 aromatic heterocycles. The lowest BCUT2D eigenvalue weighted by atomic mass is 10.2. The zero-order valence-electron chi connectivity index (χ0n) is 8.98. The minimum Gasteiger partial charge on any atom is -0.338 e. The monoisotopic (exact) mass is 240 g/mol. The van der Waals surface area contributed by atoms with E-state index in [2.05, 4.69) is 10.7 Å². The first-order chi connectivity index (χ1) is 7.83. The van der Waals surface area contributed by atoms with Gasteiger partial charge in [-0.1, -0.05) is 6.07 Å². The number of hydrazine groups is 1. The zero-order valence-corrected chi connectivity index (χ0v) is 9.80. The lowest BCUT2D eigenvalue weighted by Gasteiger charge is -2.30. The van der Waals surface area contributed by atoms with Crippen LogP contribution in [0.1, 0.15) is 10.9 Å². The van der Waals surface area contributed by atoms with Crippen LogP contribution < -0.4 is 16.6 Å². The molecule has 1 aromatic rings. The fourth-order valence-corrected chi connectivity index (χ4v) is 2.57. The lowest BCUT2D eigenvalue weighted by Crippen LogP contribution is -2.50. The van der Waals surface area contributed by atoms with Crippen LogP contribution >= 0.6 is 11.3 Å². The number of thiophene rings is 1. The van der Waals surface area contributed by atoms with Crippen LogP contribution in [0.2, 0.25) is 0 Å². The minimum absolute atomic E-state index is 0.0615. The molecule has 0 aromatic carbocycles. The Morgan fingerprint density at radius 2 is 2.31 bits per heavy atom. The van der Waals surface area contributed by atoms with Crippen molar-refractivity contribution in [3.8, 4) is 0 Å². The van der Waals surface area contributed by atoms with Crippen molar-refractivity contribution in [2.24, 2.45) is 5.84 Å². The summed E-state index contributed by atoms with van der Waals surface area (Å²) in [5.74, 6) is 5.53. The third-order valence-corrected chi connectivity index (χ3v) is 3.61. The molecule has 0 aliphatic carbocycles. The van der Waals surface area contributed by atoms with Gasteiger partial charge in [0.2, 0.25) is 5.91 Å². The molecule has 5 nitrogen and oxygen atoms in total. The highest BCUT2D eigenvalue weighted by atomic mass is 32.1. The molecular weight excluding hydrogens is 224 g/mol. The van der Waals surface area contributed by atoms with E-state index in [1.807, 2.05) is 22.4 Å². The van der Waals surface area contributed by atoms with Crippen LogP contribution in [-0.4, -0.2) is 37.0 Å². The van der Waals surface area contributed by atoms with Crippen molar-refractivity contribution in [2.75, 3.05) is 26.2 Å². The summed E-state index contributed by atoms with van der Waals surface area (Å²) in [6, 6.07) is 3.45. The third-order valence-electron chi connectivity index (χ3n) is 2.67. The number of nitrogens with two attached hydrogens (primary N) is 1. The SMILES string of the molecule is NNC(C(=O)N1CCNCC1)c1cccs1. The lowest BCUT2D eigenvalue weighted by molar-refractivity contribution is -0.134. The first kappa shape index (κ1) is 11.5. The van der Waals surface area contributed by atoms with Gasteiger partial charge in [0.15, 0.2) is 0 Å². The number of rotatable bonds is 3. The summed E-state index contributed by atoms with van der Waals surface area (Å²) in [6.07, 6.45) is 0. The Morgan fingerprint density at radius 1 is 1.56 bits per heavy atom. The van der Waals surface area contributed by atoms with Crippen LogP contribution in [0.4, 0.5) is 0 Å². The number of hydrogen-bond acceptors (Lipinski definition) is 5. The standard InChI is InChI=1S/C10H16N4OS/c11-13-9(8-2-1-7-16-8)10(15)14-5-3-12-4-6-14/h1-2,7,9,12-13H,3-6,11H2. The first-order valence-electron chi connectivity index (χ1n) is 5.32. The molecule has 0 saturated carbocycles. The number of nitrogens with one attached hydrogen (secondary N) is 2. The van der Waals surface area contributed by atoms with Crippen molar-refractivity contribution in [3.63, 3.8) is 0 Å². The summed E-state index contributed by atoms with van der Waals surface area (Å²) < 4.78 is 0. The molecule has 4 N–H and O–H groups in total. The number of hydrogen-bond donors (Lipinski definition) is 3. The van der Waals surface area contributed by atoms with Gasteiger partial charge in [-0.2, -0.15) is 0 Å². The largest absolute Gasteiger partial charge is 0.338 e. The van der Waals surface area contributed by atoms with Crippen LogP contribution in [-0.2, 0) is 4.79 Å². The quantitative estimate of drug-likeness (QED) is 0.500. The second kappa shape index (κ2) is 5.40. The Labute approximate surface area is 98.6 Å². The van der Waals surface area contributed by atoms with Crippen LogP contribution in [0.5, 0.6) is 0 Å². The van der Waals surface area contributed by atoms with Gasteiger partial charge in [-0.25, -0.2) is 5.43 Å². The van der Waals surface area contributed by atoms with E-state index in [0.29, 0.717) is 0 Å². The molecule has 88 valence electrons. The molecule has 1 aliphatic rings. The Kier molecular flexibility index (Phi) is 3.89. The molecule has 1 saturated heterocycles. The highest BCUT2D eigenvalue weighted by molar-refractivity contribution is 7.10. The average molecular weight is 240 g/mol. The van der Waals surface area contributed by atoms with Crippen molar-refractivity contribution in [1.29, 1.82) is 0 Å². The number of amides is 1. The molecule has 1 atom stereocenters. The van der Waals surface area contributed by atoms with Crippen molar-refractivity contribution in [2.45, 2.75) is 6.04 Å². The topological polar surface area (TPSA) is 70.4 Å². The molecule has 0 radical (unpaired) electrons. The van der Waals surface area contributed by atoms with Gasteiger partial charge >= 0.3 is 0 Å². The molecule has 0 spiro atoms. The minimum atomic E-state index is -0.405. The smallest absolute Gasteiger partial charge is 0.246 e. The van der Waals surface area contributed by atoms with Gasteiger partial charge < -0.3 is 10.2 Å². The number of carbonyl (C=O) groups is 1. The normalized spacial score (nSPS) is 18.4. The van der Waals surface area contributed by atoms with Crippen molar-refractivity contribution >= 4 is 17.2 Å². The molecule has 2 rings (SSSR count). The molecule has 2 heterocycles. The van der Waals surface area contributed by atoms with E-state index in [1.54, 1.807) is 11.3 Å². The Bertz CT molecular complexity index is 335.